The fourth-order valence-electron chi connectivity index (χ4n) is 2.53. The number of aromatic nitrogens is 3. The maximum atomic E-state index is 4.50. The van der Waals surface area contributed by atoms with Gasteiger partial charge in [0.2, 0.25) is 5.95 Å². The summed E-state index contributed by atoms with van der Waals surface area (Å²) in [5.41, 5.74) is 0.884. The lowest BCUT2D eigenvalue weighted by atomic mass is 10.1. The fourth-order valence-corrected chi connectivity index (χ4v) is 2.85. The second-order valence-corrected chi connectivity index (χ2v) is 5.83. The Kier molecular flexibility index (Phi) is 3.50. The minimum absolute atomic E-state index is 0.536. The molecule has 3 rings (SSSR count). The molecule has 0 aromatic carbocycles. The molecule has 18 heavy (non-hydrogen) atoms. The van der Waals surface area contributed by atoms with E-state index in [-0.39, 0.29) is 0 Å². The van der Waals surface area contributed by atoms with Crippen LogP contribution in [0.25, 0.3) is 5.65 Å². The maximum absolute atomic E-state index is 4.50. The van der Waals surface area contributed by atoms with Gasteiger partial charge >= 0.3 is 0 Å². The average Bonchev–Trinajstić information content (AvgIpc) is 2.57. The van der Waals surface area contributed by atoms with Gasteiger partial charge in [0.05, 0.1) is 0 Å². The van der Waals surface area contributed by atoms with Crippen molar-refractivity contribution in [3.8, 4) is 0 Å². The standard InChI is InChI=1S/C13H17BrN4/c14-10-7-8-12-16-13(17-18(12)9-10)15-11-5-3-1-2-4-6-11/h7-9,11H,1-6H2,(H,15,17). The molecule has 0 amide bonds. The summed E-state index contributed by atoms with van der Waals surface area (Å²) >= 11 is 3.44. The predicted octanol–water partition coefficient (Wildman–Crippen LogP) is 3.63. The summed E-state index contributed by atoms with van der Waals surface area (Å²) in [4.78, 5) is 4.50. The Hall–Kier alpha value is -1.10. The van der Waals surface area contributed by atoms with Gasteiger partial charge in [0.1, 0.15) is 0 Å². The zero-order valence-electron chi connectivity index (χ0n) is 10.3. The van der Waals surface area contributed by atoms with E-state index in [1.165, 1.54) is 38.5 Å². The summed E-state index contributed by atoms with van der Waals surface area (Å²) in [6.07, 6.45) is 9.76. The third-order valence-electron chi connectivity index (χ3n) is 3.48. The van der Waals surface area contributed by atoms with Crippen molar-refractivity contribution in [1.82, 2.24) is 14.6 Å². The van der Waals surface area contributed by atoms with Gasteiger partial charge in [-0.3, -0.25) is 0 Å². The maximum Gasteiger partial charge on any atom is 0.243 e. The van der Waals surface area contributed by atoms with Crippen molar-refractivity contribution >= 4 is 27.5 Å². The van der Waals surface area contributed by atoms with E-state index in [4.69, 9.17) is 0 Å². The smallest absolute Gasteiger partial charge is 0.243 e. The topological polar surface area (TPSA) is 42.2 Å². The minimum atomic E-state index is 0.536. The lowest BCUT2D eigenvalue weighted by molar-refractivity contribution is 0.615. The first-order valence-electron chi connectivity index (χ1n) is 6.60. The van der Waals surface area contributed by atoms with Gasteiger partial charge in [0, 0.05) is 16.7 Å². The number of anilines is 1. The molecule has 0 spiro atoms. The molecule has 0 saturated heterocycles. The predicted molar refractivity (Wildman–Crippen MR) is 75.8 cm³/mol. The van der Waals surface area contributed by atoms with Crippen molar-refractivity contribution in [3.63, 3.8) is 0 Å². The third-order valence-corrected chi connectivity index (χ3v) is 3.95. The van der Waals surface area contributed by atoms with E-state index in [2.05, 4.69) is 31.3 Å². The van der Waals surface area contributed by atoms with E-state index in [1.54, 1.807) is 0 Å². The molecule has 2 aromatic heterocycles. The summed E-state index contributed by atoms with van der Waals surface area (Å²) in [5.74, 6) is 0.750. The molecule has 0 atom stereocenters. The molecule has 1 N–H and O–H groups in total. The molecule has 1 fully saturated rings. The van der Waals surface area contributed by atoms with Gasteiger partial charge in [-0.1, -0.05) is 25.7 Å². The summed E-state index contributed by atoms with van der Waals surface area (Å²) in [6.45, 7) is 0. The Morgan fingerprint density at radius 1 is 1.17 bits per heavy atom. The van der Waals surface area contributed by atoms with Gasteiger partial charge in [-0.25, -0.2) is 4.52 Å². The van der Waals surface area contributed by atoms with E-state index in [1.807, 2.05) is 22.8 Å². The molecule has 1 saturated carbocycles. The van der Waals surface area contributed by atoms with Gasteiger partial charge in [-0.05, 0) is 40.9 Å². The molecule has 2 aromatic rings. The molecule has 4 nitrogen and oxygen atoms in total. The first-order chi connectivity index (χ1) is 8.81. The molecule has 5 heteroatoms. The van der Waals surface area contributed by atoms with Crippen LogP contribution in [0.2, 0.25) is 0 Å². The van der Waals surface area contributed by atoms with Crippen LogP contribution in [-0.4, -0.2) is 20.6 Å². The molecule has 0 bridgehead atoms. The first kappa shape index (κ1) is 12.0. The van der Waals surface area contributed by atoms with Crippen LogP contribution in [0.5, 0.6) is 0 Å². The molecule has 2 heterocycles. The molecular formula is C13H17BrN4. The molecular weight excluding hydrogens is 292 g/mol. The second kappa shape index (κ2) is 5.26. The van der Waals surface area contributed by atoms with Crippen LogP contribution in [0.4, 0.5) is 5.95 Å². The van der Waals surface area contributed by atoms with Crippen molar-refractivity contribution in [1.29, 1.82) is 0 Å². The van der Waals surface area contributed by atoms with Gasteiger partial charge in [-0.15, -0.1) is 5.10 Å². The van der Waals surface area contributed by atoms with E-state index < -0.39 is 0 Å². The Bertz CT molecular complexity index is 529. The normalized spacial score (nSPS) is 17.8. The van der Waals surface area contributed by atoms with E-state index >= 15 is 0 Å². The summed E-state index contributed by atoms with van der Waals surface area (Å²) in [5, 5.41) is 7.93. The van der Waals surface area contributed by atoms with Crippen LogP contribution >= 0.6 is 15.9 Å². The summed E-state index contributed by atoms with van der Waals surface area (Å²) < 4.78 is 2.82. The molecule has 96 valence electrons. The number of nitrogens with one attached hydrogen (secondary N) is 1. The van der Waals surface area contributed by atoms with Gasteiger partial charge in [0.25, 0.3) is 0 Å². The number of rotatable bonds is 2. The van der Waals surface area contributed by atoms with Crippen LogP contribution in [0.1, 0.15) is 38.5 Å². The number of nitrogens with zero attached hydrogens (tertiary/aromatic N) is 3. The van der Waals surface area contributed by atoms with Crippen molar-refractivity contribution in [2.24, 2.45) is 0 Å². The van der Waals surface area contributed by atoms with Crippen molar-refractivity contribution in [3.05, 3.63) is 22.8 Å². The van der Waals surface area contributed by atoms with Gasteiger partial charge in [0.15, 0.2) is 5.65 Å². The first-order valence-corrected chi connectivity index (χ1v) is 7.39. The zero-order chi connectivity index (χ0) is 12.4. The SMILES string of the molecule is Brc1ccc2nc(NC3CCCCCC3)nn2c1. The molecule has 1 aliphatic rings. The van der Waals surface area contributed by atoms with Crippen LogP contribution in [0.3, 0.4) is 0 Å². The minimum Gasteiger partial charge on any atom is -0.350 e. The average molecular weight is 309 g/mol. The fraction of sp³-hybridized carbons (Fsp3) is 0.538. The Morgan fingerprint density at radius 3 is 2.72 bits per heavy atom. The van der Waals surface area contributed by atoms with E-state index in [0.717, 1.165) is 16.1 Å². The highest BCUT2D eigenvalue weighted by Gasteiger charge is 2.14. The van der Waals surface area contributed by atoms with Gasteiger partial charge in [-0.2, -0.15) is 4.98 Å². The lowest BCUT2D eigenvalue weighted by Gasteiger charge is -2.13. The number of hydrogen-bond acceptors (Lipinski definition) is 3. The summed E-state index contributed by atoms with van der Waals surface area (Å²) in [7, 11) is 0. The Labute approximate surface area is 115 Å². The summed E-state index contributed by atoms with van der Waals surface area (Å²) in [6, 6.07) is 4.49. The third kappa shape index (κ3) is 2.66. The monoisotopic (exact) mass is 308 g/mol. The van der Waals surface area contributed by atoms with E-state index in [0.29, 0.717) is 6.04 Å². The zero-order valence-corrected chi connectivity index (χ0v) is 11.9. The highest BCUT2D eigenvalue weighted by atomic mass is 79.9. The van der Waals surface area contributed by atoms with Crippen molar-refractivity contribution in [2.45, 2.75) is 44.6 Å². The highest BCUT2D eigenvalue weighted by Crippen LogP contribution is 2.20. The lowest BCUT2D eigenvalue weighted by Crippen LogP contribution is -2.19. The number of fused-ring (bicyclic) bond motifs is 1. The molecule has 0 aliphatic heterocycles. The van der Waals surface area contributed by atoms with Gasteiger partial charge < -0.3 is 5.32 Å². The molecule has 1 aliphatic carbocycles. The molecule has 0 radical (unpaired) electrons. The van der Waals surface area contributed by atoms with Crippen molar-refractivity contribution in [2.75, 3.05) is 5.32 Å². The number of hydrogen-bond donors (Lipinski definition) is 1. The van der Waals surface area contributed by atoms with Crippen LogP contribution in [-0.2, 0) is 0 Å². The highest BCUT2D eigenvalue weighted by molar-refractivity contribution is 9.10. The Morgan fingerprint density at radius 2 is 1.94 bits per heavy atom. The van der Waals surface area contributed by atoms with Crippen LogP contribution < -0.4 is 5.32 Å². The second-order valence-electron chi connectivity index (χ2n) is 4.92. The van der Waals surface area contributed by atoms with Crippen LogP contribution in [0, 0.1) is 0 Å². The Balaban J connectivity index is 1.77. The number of pyridine rings is 1. The van der Waals surface area contributed by atoms with E-state index in [9.17, 15) is 0 Å². The molecule has 0 unspecified atom stereocenters. The quantitative estimate of drug-likeness (QED) is 0.862. The van der Waals surface area contributed by atoms with Crippen LogP contribution in [0.15, 0.2) is 22.8 Å². The largest absolute Gasteiger partial charge is 0.350 e. The number of halogens is 1. The van der Waals surface area contributed by atoms with Crippen molar-refractivity contribution < 1.29 is 0 Å².